The third-order valence-corrected chi connectivity index (χ3v) is 7.44. The molecule has 2 aromatic heterocycles. The zero-order valence-corrected chi connectivity index (χ0v) is 19.5. The summed E-state index contributed by atoms with van der Waals surface area (Å²) in [5.41, 5.74) is 2.14. The van der Waals surface area contributed by atoms with Crippen LogP contribution in [0.1, 0.15) is 49.4 Å². The molecule has 4 nitrogen and oxygen atoms in total. The maximum absolute atomic E-state index is 13.1. The molecule has 0 saturated heterocycles. The average Bonchev–Trinajstić information content (AvgIpc) is 3.16. The number of fused-ring (bicyclic) bond motifs is 1. The van der Waals surface area contributed by atoms with Crippen LogP contribution < -0.4 is 9.30 Å². The van der Waals surface area contributed by atoms with Gasteiger partial charge in [0.05, 0.1) is 24.6 Å². The number of nitrogens with one attached hydrogen (secondary N) is 1. The summed E-state index contributed by atoms with van der Waals surface area (Å²) < 4.78 is 46.5. The molecule has 31 heavy (non-hydrogen) atoms. The largest absolute Gasteiger partial charge is 0.496 e. The number of methoxy groups -OCH3 is 1. The average molecular weight is 471 g/mol. The molecule has 168 valence electrons. The van der Waals surface area contributed by atoms with Crippen LogP contribution in [0.15, 0.2) is 30.5 Å². The standard InChI is InChI=1S/C22H27F3N3OS2/c1-4-5-6-7-12-30-31-14-19-15(2)20(29-3)10-11-28(19)21-26-17-9-8-16(22(23,24)25)13-18(17)27-21/h8-11,13H,4-7,12,14H2,1-3H3,(H,26,27)/q+1. The molecule has 0 fully saturated rings. The van der Waals surface area contributed by atoms with Gasteiger partial charge in [0.2, 0.25) is 0 Å². The van der Waals surface area contributed by atoms with E-state index in [0.29, 0.717) is 17.0 Å². The molecule has 0 atom stereocenters. The normalized spacial score (nSPS) is 11.9. The van der Waals surface area contributed by atoms with Gasteiger partial charge in [-0.3, -0.25) is 0 Å². The summed E-state index contributed by atoms with van der Waals surface area (Å²) in [4.78, 5) is 7.57. The second kappa shape index (κ2) is 10.6. The second-order valence-corrected chi connectivity index (χ2v) is 9.84. The van der Waals surface area contributed by atoms with Crippen LogP contribution in [0, 0.1) is 6.92 Å². The van der Waals surface area contributed by atoms with Crippen LogP contribution in [0.4, 0.5) is 13.2 Å². The Morgan fingerprint density at radius 3 is 2.65 bits per heavy atom. The van der Waals surface area contributed by atoms with Gasteiger partial charge in [0.1, 0.15) is 17.0 Å². The smallest absolute Gasteiger partial charge is 0.416 e. The van der Waals surface area contributed by atoms with Gasteiger partial charge in [0, 0.05) is 17.4 Å². The van der Waals surface area contributed by atoms with E-state index >= 15 is 0 Å². The Labute approximate surface area is 188 Å². The third kappa shape index (κ3) is 5.88. The van der Waals surface area contributed by atoms with Gasteiger partial charge in [-0.25, -0.2) is 9.55 Å². The van der Waals surface area contributed by atoms with E-state index in [1.165, 1.54) is 31.7 Å². The van der Waals surface area contributed by atoms with Gasteiger partial charge in [0.15, 0.2) is 5.52 Å². The molecule has 0 bridgehead atoms. The number of pyridine rings is 1. The number of aromatic amines is 1. The Bertz CT molecular complexity index is 1020. The third-order valence-electron chi connectivity index (χ3n) is 5.07. The number of hydrogen-bond acceptors (Lipinski definition) is 4. The Morgan fingerprint density at radius 1 is 1.13 bits per heavy atom. The van der Waals surface area contributed by atoms with Gasteiger partial charge in [-0.05, 0) is 31.5 Å². The van der Waals surface area contributed by atoms with Crippen LogP contribution in [-0.2, 0) is 11.9 Å². The van der Waals surface area contributed by atoms with Crippen molar-refractivity contribution in [3.05, 3.63) is 47.3 Å². The molecule has 0 aliphatic heterocycles. The van der Waals surface area contributed by atoms with Crippen molar-refractivity contribution in [2.24, 2.45) is 0 Å². The molecule has 3 rings (SSSR count). The lowest BCUT2D eigenvalue weighted by Gasteiger charge is -2.12. The molecular formula is C22H27F3N3OS2+. The topological polar surface area (TPSA) is 41.8 Å². The summed E-state index contributed by atoms with van der Waals surface area (Å²) in [6.45, 7) is 4.19. The maximum atomic E-state index is 13.1. The summed E-state index contributed by atoms with van der Waals surface area (Å²) in [5.74, 6) is 3.09. The van der Waals surface area contributed by atoms with Crippen LogP contribution >= 0.6 is 21.6 Å². The Hall–Kier alpha value is -1.87. The fourth-order valence-corrected chi connectivity index (χ4v) is 5.59. The van der Waals surface area contributed by atoms with Crippen molar-refractivity contribution in [1.29, 1.82) is 0 Å². The van der Waals surface area contributed by atoms with E-state index in [1.54, 1.807) is 17.9 Å². The fourth-order valence-electron chi connectivity index (χ4n) is 3.31. The number of benzene rings is 1. The molecule has 1 aromatic carbocycles. The van der Waals surface area contributed by atoms with Crippen molar-refractivity contribution in [2.45, 2.75) is 51.5 Å². The number of aromatic nitrogens is 3. The Balaban J connectivity index is 1.85. The maximum Gasteiger partial charge on any atom is 0.416 e. The van der Waals surface area contributed by atoms with Crippen LogP contribution in [0.2, 0.25) is 0 Å². The van der Waals surface area contributed by atoms with Crippen molar-refractivity contribution < 1.29 is 22.5 Å². The number of halogens is 3. The molecule has 0 spiro atoms. The first-order valence-electron chi connectivity index (χ1n) is 10.2. The molecule has 0 radical (unpaired) electrons. The summed E-state index contributed by atoms with van der Waals surface area (Å²) in [7, 11) is 5.24. The molecule has 0 unspecified atom stereocenters. The van der Waals surface area contributed by atoms with Gasteiger partial charge in [-0.15, -0.1) is 0 Å². The molecule has 3 aromatic rings. The number of nitrogens with zero attached hydrogens (tertiary/aromatic N) is 2. The van der Waals surface area contributed by atoms with E-state index in [9.17, 15) is 13.2 Å². The van der Waals surface area contributed by atoms with Crippen LogP contribution in [0.25, 0.3) is 17.0 Å². The summed E-state index contributed by atoms with van der Waals surface area (Å²) in [6, 6.07) is 5.40. The second-order valence-electron chi connectivity index (χ2n) is 7.26. The van der Waals surface area contributed by atoms with E-state index in [0.717, 1.165) is 40.6 Å². The Morgan fingerprint density at radius 2 is 1.94 bits per heavy atom. The summed E-state index contributed by atoms with van der Waals surface area (Å²) in [6.07, 6.45) is 2.40. The molecule has 0 aliphatic rings. The van der Waals surface area contributed by atoms with Gasteiger partial charge in [0.25, 0.3) is 0 Å². The Kier molecular flexibility index (Phi) is 8.16. The van der Waals surface area contributed by atoms with Gasteiger partial charge >= 0.3 is 12.1 Å². The molecule has 0 aliphatic carbocycles. The zero-order chi connectivity index (χ0) is 22.4. The number of ether oxygens (including phenoxy) is 1. The highest BCUT2D eigenvalue weighted by Crippen LogP contribution is 2.32. The molecule has 1 N–H and O–H groups in total. The van der Waals surface area contributed by atoms with Crippen LogP contribution in [-0.4, -0.2) is 22.8 Å². The van der Waals surface area contributed by atoms with E-state index in [-0.39, 0.29) is 0 Å². The van der Waals surface area contributed by atoms with E-state index < -0.39 is 11.7 Å². The summed E-state index contributed by atoms with van der Waals surface area (Å²) in [5, 5.41) is 0. The van der Waals surface area contributed by atoms with Crippen molar-refractivity contribution in [1.82, 2.24) is 9.97 Å². The minimum atomic E-state index is -4.39. The number of imidazole rings is 1. The highest BCUT2D eigenvalue weighted by Gasteiger charge is 2.31. The van der Waals surface area contributed by atoms with Crippen LogP contribution in [0.3, 0.4) is 0 Å². The van der Waals surface area contributed by atoms with Crippen LogP contribution in [0.5, 0.6) is 5.75 Å². The lowest BCUT2D eigenvalue weighted by atomic mass is 10.2. The minimum absolute atomic E-state index is 0.356. The molecular weight excluding hydrogens is 443 g/mol. The van der Waals surface area contributed by atoms with E-state index in [2.05, 4.69) is 16.9 Å². The summed E-state index contributed by atoms with van der Waals surface area (Å²) >= 11 is 0. The predicted molar refractivity (Wildman–Crippen MR) is 122 cm³/mol. The number of H-pyrrole nitrogens is 1. The first kappa shape index (κ1) is 23.8. The van der Waals surface area contributed by atoms with Crippen molar-refractivity contribution in [2.75, 3.05) is 12.9 Å². The molecule has 2 heterocycles. The number of hydrogen-bond donors (Lipinski definition) is 1. The minimum Gasteiger partial charge on any atom is -0.496 e. The first-order valence-corrected chi connectivity index (χ1v) is 12.7. The van der Waals surface area contributed by atoms with Crippen molar-refractivity contribution in [3.8, 4) is 11.7 Å². The first-order chi connectivity index (χ1) is 14.8. The zero-order valence-electron chi connectivity index (χ0n) is 17.9. The molecule has 0 amide bonds. The van der Waals surface area contributed by atoms with Gasteiger partial charge in [-0.2, -0.15) is 13.2 Å². The highest BCUT2D eigenvalue weighted by atomic mass is 33.1. The lowest BCUT2D eigenvalue weighted by molar-refractivity contribution is -0.610. The van der Waals surface area contributed by atoms with E-state index in [1.807, 2.05) is 34.5 Å². The fraction of sp³-hybridized carbons (Fsp3) is 0.455. The highest BCUT2D eigenvalue weighted by molar-refractivity contribution is 8.76. The number of unbranched alkanes of at least 4 members (excludes halogenated alkanes) is 3. The van der Waals surface area contributed by atoms with Crippen molar-refractivity contribution >= 4 is 32.6 Å². The number of alkyl halides is 3. The molecule has 9 heteroatoms. The lowest BCUT2D eigenvalue weighted by Crippen LogP contribution is -2.37. The molecule has 0 saturated carbocycles. The number of rotatable bonds is 10. The van der Waals surface area contributed by atoms with Gasteiger partial charge in [-0.1, -0.05) is 52.8 Å². The van der Waals surface area contributed by atoms with Crippen molar-refractivity contribution in [3.63, 3.8) is 0 Å². The predicted octanol–water partition coefficient (Wildman–Crippen LogP) is 6.64. The quantitative estimate of drug-likeness (QED) is 0.205. The van der Waals surface area contributed by atoms with E-state index in [4.69, 9.17) is 4.74 Å². The SMILES string of the molecule is CCCCCCSSCc1c(C)c(OC)cc[n+]1-c1nc2ccc(C(F)(F)F)cc2[nH]1. The monoisotopic (exact) mass is 470 g/mol. The van der Waals surface area contributed by atoms with Gasteiger partial charge < -0.3 is 4.74 Å².